The highest BCUT2D eigenvalue weighted by Gasteiger charge is 2.25. The normalized spacial score (nSPS) is 15.6. The van der Waals surface area contributed by atoms with Crippen molar-refractivity contribution in [3.8, 4) is 0 Å². The maximum Gasteiger partial charge on any atom is 0.472 e. The van der Waals surface area contributed by atoms with Crippen molar-refractivity contribution in [1.29, 1.82) is 0 Å². The molecule has 0 aliphatic carbocycles. The number of aliphatic hydroxyl groups excluding tert-OH is 2. The molecule has 4 atom stereocenters. The Bertz CT molecular complexity index is 1490. The van der Waals surface area contributed by atoms with E-state index in [1.54, 1.807) is 30.4 Å². The molecule has 0 rings (SSSR count). The molecule has 61 heavy (non-hydrogen) atoms. The molecular formula is C49H76NO10P. The van der Waals surface area contributed by atoms with Crippen molar-refractivity contribution in [2.24, 2.45) is 5.73 Å². The third kappa shape index (κ3) is 42.5. The number of carbonyl (C=O) groups excluding carboxylic acids is 2. The maximum absolute atomic E-state index is 12.6. The standard InChI is InChI=1S/C49H76NO10P/c1-3-5-7-8-9-10-11-12-13-14-15-16-17-18-19-20-24-27-33-39-48(53)57-43-47(44-59-61(55,56)58-42-41-50)60-49(54)40-34-28-32-38-46(52)37-31-26-23-21-22-25-30-36-45(51)35-29-6-4-2/h6,9-10,12-13,15-16,18-19,22-27,29-32,36-38,45-47,51-52H,3-5,7-8,11,14,17,20-21,28,33-35,39-44,50H2,1-2H3,(H,55,56)/b10-9-,13-12-,16-15-,19-18-,25-22-,26-23-,27-24-,29-6-,36-30+,37-31+,38-32-/t45-,46-,47+/m0/s1. The number of hydrogen-bond acceptors (Lipinski definition) is 10. The van der Waals surface area contributed by atoms with E-state index in [4.69, 9.17) is 24.3 Å². The fourth-order valence-corrected chi connectivity index (χ4v) is 5.71. The molecule has 0 aromatic carbocycles. The van der Waals surface area contributed by atoms with E-state index in [2.05, 4.69) is 62.5 Å². The van der Waals surface area contributed by atoms with E-state index < -0.39 is 44.7 Å². The SMILES string of the molecule is CC/C=C\C[C@H](O)/C=C/C=C\C/C=C\C=C\[C@H](O)/C=C\CCCC(=O)O[C@H](COC(=O)CC/C=C\C/C=C\C/C=C\C/C=C\C/C=C\CCCCC)COP(=O)(O)OCCN. The van der Waals surface area contributed by atoms with Crippen LogP contribution in [-0.4, -0.2) is 71.7 Å². The number of nitrogens with two attached hydrogens (primary N) is 1. The molecule has 0 saturated heterocycles. The molecule has 12 heteroatoms. The number of esters is 2. The van der Waals surface area contributed by atoms with Crippen LogP contribution in [0.1, 0.15) is 117 Å². The van der Waals surface area contributed by atoms with Crippen molar-refractivity contribution in [3.05, 3.63) is 134 Å². The van der Waals surface area contributed by atoms with Gasteiger partial charge in [0.05, 0.1) is 25.4 Å². The minimum atomic E-state index is -4.46. The van der Waals surface area contributed by atoms with E-state index in [0.717, 1.165) is 32.1 Å². The highest BCUT2D eigenvalue weighted by Crippen LogP contribution is 2.43. The molecule has 0 radical (unpaired) electrons. The summed E-state index contributed by atoms with van der Waals surface area (Å²) in [4.78, 5) is 34.9. The Kier molecular flexibility index (Phi) is 40.0. The van der Waals surface area contributed by atoms with Gasteiger partial charge in [0.1, 0.15) is 6.61 Å². The summed E-state index contributed by atoms with van der Waals surface area (Å²) in [6, 6.07) is 0. The fourth-order valence-electron chi connectivity index (χ4n) is 4.94. The van der Waals surface area contributed by atoms with Crippen molar-refractivity contribution in [2.45, 2.75) is 135 Å². The average molecular weight is 870 g/mol. The van der Waals surface area contributed by atoms with Gasteiger partial charge in [-0.05, 0) is 77.0 Å². The second-order valence-corrected chi connectivity index (χ2v) is 15.3. The van der Waals surface area contributed by atoms with Crippen molar-refractivity contribution >= 4 is 19.8 Å². The van der Waals surface area contributed by atoms with Gasteiger partial charge in [0.25, 0.3) is 0 Å². The van der Waals surface area contributed by atoms with E-state index in [1.807, 2.05) is 54.7 Å². The predicted octanol–water partition coefficient (Wildman–Crippen LogP) is 10.7. The number of ether oxygens (including phenoxy) is 2. The molecule has 0 aromatic heterocycles. The van der Waals surface area contributed by atoms with Crippen LogP contribution in [0.25, 0.3) is 0 Å². The van der Waals surface area contributed by atoms with Gasteiger partial charge in [0.15, 0.2) is 6.10 Å². The summed E-state index contributed by atoms with van der Waals surface area (Å²) in [5.41, 5.74) is 5.33. The topological polar surface area (TPSA) is 175 Å². The lowest BCUT2D eigenvalue weighted by atomic mass is 10.2. The van der Waals surface area contributed by atoms with Gasteiger partial charge >= 0.3 is 19.8 Å². The zero-order chi connectivity index (χ0) is 44.9. The highest BCUT2D eigenvalue weighted by molar-refractivity contribution is 7.47. The number of phosphoric ester groups is 1. The van der Waals surface area contributed by atoms with E-state index in [-0.39, 0.29) is 32.6 Å². The Morgan fingerprint density at radius 2 is 1.20 bits per heavy atom. The fraction of sp³-hybridized carbons (Fsp3) is 0.510. The molecule has 5 N–H and O–H groups in total. The Balaban J connectivity index is 4.56. The van der Waals surface area contributed by atoms with Gasteiger partial charge in [-0.25, -0.2) is 4.57 Å². The molecular weight excluding hydrogens is 794 g/mol. The molecule has 0 bridgehead atoms. The molecule has 0 aliphatic rings. The van der Waals surface area contributed by atoms with E-state index >= 15 is 0 Å². The minimum absolute atomic E-state index is 0.00239. The van der Waals surface area contributed by atoms with Gasteiger partial charge in [-0.1, -0.05) is 160 Å². The third-order valence-electron chi connectivity index (χ3n) is 8.21. The second-order valence-electron chi connectivity index (χ2n) is 13.9. The van der Waals surface area contributed by atoms with E-state index in [1.165, 1.54) is 25.7 Å². The van der Waals surface area contributed by atoms with Crippen LogP contribution >= 0.6 is 7.82 Å². The number of hydrogen-bond donors (Lipinski definition) is 4. The van der Waals surface area contributed by atoms with Crippen LogP contribution in [-0.2, 0) is 32.7 Å². The van der Waals surface area contributed by atoms with Crippen molar-refractivity contribution in [1.82, 2.24) is 0 Å². The summed E-state index contributed by atoms with van der Waals surface area (Å²) in [6.45, 7) is 3.16. The zero-order valence-corrected chi connectivity index (χ0v) is 37.7. The number of allylic oxidation sites excluding steroid dienone is 18. The largest absolute Gasteiger partial charge is 0.472 e. The minimum Gasteiger partial charge on any atom is -0.462 e. The van der Waals surface area contributed by atoms with Crippen molar-refractivity contribution < 1.29 is 47.8 Å². The smallest absolute Gasteiger partial charge is 0.462 e. The van der Waals surface area contributed by atoms with Crippen LogP contribution < -0.4 is 5.73 Å². The first-order valence-electron chi connectivity index (χ1n) is 21.9. The Morgan fingerprint density at radius 3 is 1.82 bits per heavy atom. The lowest BCUT2D eigenvalue weighted by Gasteiger charge is -2.19. The number of phosphoric acid groups is 1. The first-order valence-corrected chi connectivity index (χ1v) is 23.4. The zero-order valence-electron chi connectivity index (χ0n) is 36.8. The monoisotopic (exact) mass is 870 g/mol. The van der Waals surface area contributed by atoms with Crippen molar-refractivity contribution in [2.75, 3.05) is 26.4 Å². The number of aliphatic hydroxyl groups is 2. The number of rotatable bonds is 38. The molecule has 342 valence electrons. The van der Waals surface area contributed by atoms with Crippen LogP contribution in [0.15, 0.2) is 134 Å². The second kappa shape index (κ2) is 42.7. The molecule has 0 spiro atoms. The van der Waals surface area contributed by atoms with Gasteiger partial charge < -0.3 is 30.3 Å². The van der Waals surface area contributed by atoms with Gasteiger partial charge in [0, 0.05) is 19.4 Å². The Labute approximate surface area is 367 Å². The Hall–Kier alpha value is -3.93. The van der Waals surface area contributed by atoms with Gasteiger partial charge in [-0.15, -0.1) is 0 Å². The van der Waals surface area contributed by atoms with Crippen LogP contribution in [0.3, 0.4) is 0 Å². The quantitative estimate of drug-likeness (QED) is 0.0153. The molecule has 0 amide bonds. The molecule has 1 unspecified atom stereocenters. The summed E-state index contributed by atoms with van der Waals surface area (Å²) in [5.74, 6) is -1.13. The molecule has 0 saturated carbocycles. The predicted molar refractivity (Wildman–Crippen MR) is 249 cm³/mol. The molecule has 0 aromatic rings. The summed E-state index contributed by atoms with van der Waals surface area (Å²) >= 11 is 0. The van der Waals surface area contributed by atoms with E-state index in [0.29, 0.717) is 32.1 Å². The lowest BCUT2D eigenvalue weighted by molar-refractivity contribution is -0.161. The highest BCUT2D eigenvalue weighted by atomic mass is 31.2. The van der Waals surface area contributed by atoms with E-state index in [9.17, 15) is 29.3 Å². The summed E-state index contributed by atoms with van der Waals surface area (Å²) in [5, 5.41) is 20.0. The first-order chi connectivity index (χ1) is 29.6. The average Bonchev–Trinajstić information content (AvgIpc) is 3.24. The van der Waals surface area contributed by atoms with Gasteiger partial charge in [-0.3, -0.25) is 18.6 Å². The Morgan fingerprint density at radius 1 is 0.607 bits per heavy atom. The third-order valence-corrected chi connectivity index (χ3v) is 9.19. The number of carbonyl (C=O) groups is 2. The molecule has 0 heterocycles. The van der Waals surface area contributed by atoms with Crippen molar-refractivity contribution in [3.63, 3.8) is 0 Å². The number of unbranched alkanes of at least 4 members (excludes halogenated alkanes) is 4. The maximum atomic E-state index is 12.6. The lowest BCUT2D eigenvalue weighted by Crippen LogP contribution is -2.29. The molecule has 11 nitrogen and oxygen atoms in total. The molecule has 0 fully saturated rings. The van der Waals surface area contributed by atoms with Gasteiger partial charge in [0.2, 0.25) is 0 Å². The van der Waals surface area contributed by atoms with Crippen LogP contribution in [0.2, 0.25) is 0 Å². The summed E-state index contributed by atoms with van der Waals surface area (Å²) in [6.07, 6.45) is 52.9. The molecule has 0 aliphatic heterocycles. The first kappa shape index (κ1) is 57.1. The summed E-state index contributed by atoms with van der Waals surface area (Å²) in [7, 11) is -4.46. The van der Waals surface area contributed by atoms with Crippen LogP contribution in [0.4, 0.5) is 0 Å². The van der Waals surface area contributed by atoms with Crippen LogP contribution in [0.5, 0.6) is 0 Å². The van der Waals surface area contributed by atoms with Gasteiger partial charge in [-0.2, -0.15) is 0 Å². The van der Waals surface area contributed by atoms with Crippen LogP contribution in [0, 0.1) is 0 Å². The summed E-state index contributed by atoms with van der Waals surface area (Å²) < 4.78 is 32.5.